The number of halogens is 1. The minimum Gasteiger partial charge on any atom is -0.376 e. The van der Waals surface area contributed by atoms with Crippen LogP contribution in [0.5, 0.6) is 0 Å². The van der Waals surface area contributed by atoms with Gasteiger partial charge in [-0.1, -0.05) is 37.7 Å². The second-order valence-electron chi connectivity index (χ2n) is 8.11. The van der Waals surface area contributed by atoms with Gasteiger partial charge in [-0.2, -0.15) is 4.98 Å². The molecule has 2 aromatic heterocycles. The standard InChI is InChI=1S/C20H24FN5O2S/c1-20(2,3)18-22-16(25-28-18)12-29-19-24-23-17(13-6-8-14(21)9-7-13)26(19)11-15-5-4-10-27-15/h6-9,15H,4-5,10-12H2,1-3H3/t15-/m1/s1. The third-order valence-corrected chi connectivity index (χ3v) is 5.63. The summed E-state index contributed by atoms with van der Waals surface area (Å²) in [6.07, 6.45) is 2.19. The largest absolute Gasteiger partial charge is 0.376 e. The summed E-state index contributed by atoms with van der Waals surface area (Å²) in [6.45, 7) is 7.53. The van der Waals surface area contributed by atoms with Gasteiger partial charge in [-0.3, -0.25) is 4.57 Å². The van der Waals surface area contributed by atoms with Gasteiger partial charge in [-0.15, -0.1) is 10.2 Å². The molecule has 4 rings (SSSR count). The molecule has 0 aliphatic carbocycles. The quantitative estimate of drug-likeness (QED) is 0.555. The van der Waals surface area contributed by atoms with Crippen molar-refractivity contribution in [1.29, 1.82) is 0 Å². The summed E-state index contributed by atoms with van der Waals surface area (Å²) in [7, 11) is 0. The van der Waals surface area contributed by atoms with Gasteiger partial charge in [0.2, 0.25) is 5.89 Å². The first-order valence-corrected chi connectivity index (χ1v) is 10.7. The van der Waals surface area contributed by atoms with Crippen LogP contribution in [0.4, 0.5) is 4.39 Å². The van der Waals surface area contributed by atoms with Gasteiger partial charge < -0.3 is 9.26 Å². The zero-order valence-electron chi connectivity index (χ0n) is 16.8. The molecular formula is C20H24FN5O2S. The number of rotatable bonds is 6. The molecule has 1 aliphatic rings. The maximum Gasteiger partial charge on any atom is 0.232 e. The molecule has 1 atom stereocenters. The molecule has 1 saturated heterocycles. The predicted octanol–water partition coefficient (Wildman–Crippen LogP) is 4.24. The van der Waals surface area contributed by atoms with E-state index >= 15 is 0 Å². The Kier molecular flexibility index (Phi) is 5.69. The van der Waals surface area contributed by atoms with E-state index in [9.17, 15) is 4.39 Å². The second-order valence-corrected chi connectivity index (χ2v) is 9.06. The minimum absolute atomic E-state index is 0.127. The van der Waals surface area contributed by atoms with Crippen molar-refractivity contribution in [1.82, 2.24) is 24.9 Å². The summed E-state index contributed by atoms with van der Waals surface area (Å²) < 4.78 is 26.6. The van der Waals surface area contributed by atoms with Crippen molar-refractivity contribution in [2.45, 2.75) is 62.6 Å². The third-order valence-electron chi connectivity index (χ3n) is 4.67. The van der Waals surface area contributed by atoms with E-state index in [0.29, 0.717) is 29.8 Å². The lowest BCUT2D eigenvalue weighted by Gasteiger charge is -2.14. The van der Waals surface area contributed by atoms with Crippen molar-refractivity contribution in [3.63, 3.8) is 0 Å². The number of hydrogen-bond acceptors (Lipinski definition) is 7. The molecule has 0 bridgehead atoms. The molecule has 3 heterocycles. The first kappa shape index (κ1) is 20.0. The Bertz CT molecular complexity index is 958. The first-order chi connectivity index (χ1) is 13.9. The van der Waals surface area contributed by atoms with E-state index in [4.69, 9.17) is 9.26 Å². The van der Waals surface area contributed by atoms with Gasteiger partial charge in [0.15, 0.2) is 16.8 Å². The van der Waals surface area contributed by atoms with Gasteiger partial charge in [0.1, 0.15) is 5.82 Å². The molecule has 154 valence electrons. The van der Waals surface area contributed by atoms with Crippen molar-refractivity contribution in [2.24, 2.45) is 0 Å². The molecule has 0 N–H and O–H groups in total. The van der Waals surface area contributed by atoms with Crippen LogP contribution in [0.15, 0.2) is 33.9 Å². The number of benzene rings is 1. The van der Waals surface area contributed by atoms with E-state index in [2.05, 4.69) is 20.3 Å². The Hall–Kier alpha value is -2.26. The summed E-state index contributed by atoms with van der Waals surface area (Å²) in [5.41, 5.74) is 0.629. The van der Waals surface area contributed by atoms with E-state index in [0.717, 1.165) is 30.2 Å². The summed E-state index contributed by atoms with van der Waals surface area (Å²) in [6, 6.07) is 6.30. The molecule has 1 fully saturated rings. The van der Waals surface area contributed by atoms with Gasteiger partial charge in [-0.25, -0.2) is 4.39 Å². The van der Waals surface area contributed by atoms with Crippen molar-refractivity contribution in [3.05, 3.63) is 41.8 Å². The topological polar surface area (TPSA) is 78.9 Å². The smallest absolute Gasteiger partial charge is 0.232 e. The van der Waals surface area contributed by atoms with Crippen LogP contribution in [-0.2, 0) is 22.4 Å². The van der Waals surface area contributed by atoms with E-state index in [-0.39, 0.29) is 17.3 Å². The van der Waals surface area contributed by atoms with Crippen LogP contribution in [0.1, 0.15) is 45.3 Å². The molecule has 0 saturated carbocycles. The van der Waals surface area contributed by atoms with Gasteiger partial charge in [-0.05, 0) is 37.1 Å². The van der Waals surface area contributed by atoms with Crippen molar-refractivity contribution in [3.8, 4) is 11.4 Å². The molecule has 0 spiro atoms. The molecule has 1 aliphatic heterocycles. The predicted molar refractivity (Wildman–Crippen MR) is 107 cm³/mol. The van der Waals surface area contributed by atoms with Crippen LogP contribution in [-0.4, -0.2) is 37.6 Å². The van der Waals surface area contributed by atoms with Gasteiger partial charge in [0.25, 0.3) is 0 Å². The normalized spacial score (nSPS) is 17.2. The SMILES string of the molecule is CC(C)(C)c1nc(CSc2nnc(-c3ccc(F)cc3)n2C[C@H]2CCCO2)no1. The lowest BCUT2D eigenvalue weighted by molar-refractivity contribution is 0.0953. The maximum absolute atomic E-state index is 13.3. The summed E-state index contributed by atoms with van der Waals surface area (Å²) in [4.78, 5) is 4.48. The fourth-order valence-corrected chi connectivity index (χ4v) is 3.90. The molecule has 7 nitrogen and oxygen atoms in total. The van der Waals surface area contributed by atoms with Crippen molar-refractivity contribution < 1.29 is 13.7 Å². The number of aromatic nitrogens is 5. The third kappa shape index (κ3) is 4.67. The number of hydrogen-bond donors (Lipinski definition) is 0. The Balaban J connectivity index is 1.57. The summed E-state index contributed by atoms with van der Waals surface area (Å²) in [5.74, 6) is 2.18. The second kappa shape index (κ2) is 8.23. The highest BCUT2D eigenvalue weighted by Gasteiger charge is 2.24. The van der Waals surface area contributed by atoms with Crippen LogP contribution in [0.3, 0.4) is 0 Å². The monoisotopic (exact) mass is 417 g/mol. The minimum atomic E-state index is -0.278. The Morgan fingerprint density at radius 2 is 2.00 bits per heavy atom. The van der Waals surface area contributed by atoms with E-state index in [1.807, 2.05) is 25.3 Å². The van der Waals surface area contributed by atoms with Crippen LogP contribution in [0.25, 0.3) is 11.4 Å². The number of thioether (sulfide) groups is 1. The summed E-state index contributed by atoms with van der Waals surface area (Å²) >= 11 is 1.50. The highest BCUT2D eigenvalue weighted by Crippen LogP contribution is 2.29. The molecule has 1 aromatic carbocycles. The molecule has 0 unspecified atom stereocenters. The molecule has 0 radical (unpaired) electrons. The molecule has 3 aromatic rings. The molecule has 0 amide bonds. The van der Waals surface area contributed by atoms with Crippen LogP contribution >= 0.6 is 11.8 Å². The number of nitrogens with zero attached hydrogens (tertiary/aromatic N) is 5. The average Bonchev–Trinajstić information content (AvgIpc) is 3.42. The van der Waals surface area contributed by atoms with Crippen LogP contribution in [0.2, 0.25) is 0 Å². The fraction of sp³-hybridized carbons (Fsp3) is 0.500. The Labute approximate surface area is 173 Å². The summed E-state index contributed by atoms with van der Waals surface area (Å²) in [5, 5.41) is 13.6. The Morgan fingerprint density at radius 3 is 2.66 bits per heavy atom. The zero-order valence-corrected chi connectivity index (χ0v) is 17.6. The van der Waals surface area contributed by atoms with E-state index in [1.165, 1.54) is 23.9 Å². The highest BCUT2D eigenvalue weighted by atomic mass is 32.2. The molecule has 29 heavy (non-hydrogen) atoms. The van der Waals surface area contributed by atoms with Crippen molar-refractivity contribution >= 4 is 11.8 Å². The van der Waals surface area contributed by atoms with Crippen LogP contribution < -0.4 is 0 Å². The average molecular weight is 418 g/mol. The van der Waals surface area contributed by atoms with E-state index in [1.54, 1.807) is 12.1 Å². The first-order valence-electron chi connectivity index (χ1n) is 9.67. The molecular weight excluding hydrogens is 393 g/mol. The van der Waals surface area contributed by atoms with E-state index < -0.39 is 0 Å². The van der Waals surface area contributed by atoms with Gasteiger partial charge in [0.05, 0.1) is 18.4 Å². The Morgan fingerprint density at radius 1 is 1.21 bits per heavy atom. The highest BCUT2D eigenvalue weighted by molar-refractivity contribution is 7.98. The fourth-order valence-electron chi connectivity index (χ4n) is 3.11. The van der Waals surface area contributed by atoms with Gasteiger partial charge >= 0.3 is 0 Å². The zero-order chi connectivity index (χ0) is 20.4. The van der Waals surface area contributed by atoms with Crippen LogP contribution in [0, 0.1) is 5.82 Å². The van der Waals surface area contributed by atoms with Crippen molar-refractivity contribution in [2.75, 3.05) is 6.61 Å². The lowest BCUT2D eigenvalue weighted by Crippen LogP contribution is -2.16. The number of ether oxygens (including phenoxy) is 1. The van der Waals surface area contributed by atoms with Gasteiger partial charge in [0, 0.05) is 17.6 Å². The maximum atomic E-state index is 13.3. The lowest BCUT2D eigenvalue weighted by atomic mass is 9.97. The molecule has 9 heteroatoms.